The topological polar surface area (TPSA) is 55.1 Å². The lowest BCUT2D eigenvalue weighted by molar-refractivity contribution is 0.0689. The van der Waals surface area contributed by atoms with Crippen LogP contribution in [0.1, 0.15) is 47.1 Å². The number of aromatic nitrogens is 2. The first-order chi connectivity index (χ1) is 8.91. The van der Waals surface area contributed by atoms with Gasteiger partial charge >= 0.3 is 5.97 Å². The third-order valence-electron chi connectivity index (χ3n) is 3.20. The molecule has 4 nitrogen and oxygen atoms in total. The number of carboxylic acids is 1. The van der Waals surface area contributed by atoms with E-state index < -0.39 is 5.97 Å². The average molecular weight is 258 g/mol. The van der Waals surface area contributed by atoms with Crippen LogP contribution in [-0.4, -0.2) is 20.9 Å². The van der Waals surface area contributed by atoms with Crippen molar-refractivity contribution in [3.63, 3.8) is 0 Å². The molecule has 4 heteroatoms. The summed E-state index contributed by atoms with van der Waals surface area (Å²) in [6.07, 6.45) is 0. The molecule has 0 aliphatic rings. The molecule has 0 radical (unpaired) electrons. The molecular weight excluding hydrogens is 240 g/mol. The SMILES string of the molecule is Cc1ccc(-n2nc(C(=O)O)c(C)c2C(C)C)cc1. The maximum atomic E-state index is 11.2. The van der Waals surface area contributed by atoms with Gasteiger partial charge in [0.2, 0.25) is 0 Å². The summed E-state index contributed by atoms with van der Waals surface area (Å²) in [4.78, 5) is 11.2. The molecule has 1 aromatic carbocycles. The Hall–Kier alpha value is -2.10. The number of nitrogens with zero attached hydrogens (tertiary/aromatic N) is 2. The van der Waals surface area contributed by atoms with E-state index in [1.54, 1.807) is 4.68 Å². The van der Waals surface area contributed by atoms with Crippen LogP contribution in [-0.2, 0) is 0 Å². The van der Waals surface area contributed by atoms with E-state index in [4.69, 9.17) is 0 Å². The molecule has 0 aliphatic carbocycles. The summed E-state index contributed by atoms with van der Waals surface area (Å²) in [5.74, 6) is -0.771. The van der Waals surface area contributed by atoms with E-state index in [0.29, 0.717) is 0 Å². The minimum atomic E-state index is -0.981. The lowest BCUT2D eigenvalue weighted by Crippen LogP contribution is -2.05. The number of rotatable bonds is 3. The van der Waals surface area contributed by atoms with Crippen molar-refractivity contribution in [2.75, 3.05) is 0 Å². The highest BCUT2D eigenvalue weighted by molar-refractivity contribution is 5.87. The van der Waals surface area contributed by atoms with E-state index in [2.05, 4.69) is 5.10 Å². The minimum absolute atomic E-state index is 0.129. The molecule has 0 saturated carbocycles. The van der Waals surface area contributed by atoms with Gasteiger partial charge in [-0.1, -0.05) is 31.5 Å². The van der Waals surface area contributed by atoms with Crippen LogP contribution in [0.5, 0.6) is 0 Å². The van der Waals surface area contributed by atoms with Crippen LogP contribution in [0.25, 0.3) is 5.69 Å². The van der Waals surface area contributed by atoms with Crippen LogP contribution in [0.15, 0.2) is 24.3 Å². The lowest BCUT2D eigenvalue weighted by Gasteiger charge is -2.11. The summed E-state index contributed by atoms with van der Waals surface area (Å²) in [6, 6.07) is 7.91. The standard InChI is InChI=1S/C15H18N2O2/c1-9(2)14-11(4)13(15(18)19)16-17(14)12-7-5-10(3)6-8-12/h5-9H,1-4H3,(H,18,19). The Labute approximate surface area is 112 Å². The second-order valence-electron chi connectivity index (χ2n) is 5.07. The Kier molecular flexibility index (Phi) is 3.42. The van der Waals surface area contributed by atoms with Gasteiger partial charge in [-0.3, -0.25) is 0 Å². The number of carbonyl (C=O) groups is 1. The number of benzene rings is 1. The van der Waals surface area contributed by atoms with Crippen molar-refractivity contribution in [3.05, 3.63) is 46.8 Å². The summed E-state index contributed by atoms with van der Waals surface area (Å²) in [5, 5.41) is 13.4. The van der Waals surface area contributed by atoms with Crippen LogP contribution < -0.4 is 0 Å². The fourth-order valence-electron chi connectivity index (χ4n) is 2.27. The quantitative estimate of drug-likeness (QED) is 0.918. The Morgan fingerprint density at radius 3 is 2.26 bits per heavy atom. The maximum Gasteiger partial charge on any atom is 0.356 e. The lowest BCUT2D eigenvalue weighted by atomic mass is 10.0. The van der Waals surface area contributed by atoms with E-state index in [9.17, 15) is 9.90 Å². The first kappa shape index (κ1) is 13.3. The van der Waals surface area contributed by atoms with E-state index in [-0.39, 0.29) is 11.6 Å². The van der Waals surface area contributed by atoms with Gasteiger partial charge in [-0.15, -0.1) is 0 Å². The fourth-order valence-corrected chi connectivity index (χ4v) is 2.27. The van der Waals surface area contributed by atoms with Gasteiger partial charge in [0, 0.05) is 5.56 Å². The highest BCUT2D eigenvalue weighted by Gasteiger charge is 2.21. The Balaban J connectivity index is 2.65. The van der Waals surface area contributed by atoms with Crippen LogP contribution in [0.3, 0.4) is 0 Å². The molecule has 0 bridgehead atoms. The van der Waals surface area contributed by atoms with Crippen LogP contribution >= 0.6 is 0 Å². The molecule has 0 saturated heterocycles. The second kappa shape index (κ2) is 4.88. The smallest absolute Gasteiger partial charge is 0.356 e. The van der Waals surface area contributed by atoms with E-state index in [1.165, 1.54) is 0 Å². The fraction of sp³-hybridized carbons (Fsp3) is 0.333. The molecule has 0 fully saturated rings. The van der Waals surface area contributed by atoms with Crippen molar-refractivity contribution < 1.29 is 9.90 Å². The van der Waals surface area contributed by atoms with Gasteiger partial charge in [-0.05, 0) is 31.9 Å². The van der Waals surface area contributed by atoms with Gasteiger partial charge in [-0.2, -0.15) is 5.10 Å². The van der Waals surface area contributed by atoms with Crippen molar-refractivity contribution in [3.8, 4) is 5.69 Å². The van der Waals surface area contributed by atoms with Gasteiger partial charge in [0.15, 0.2) is 5.69 Å². The Morgan fingerprint density at radius 2 is 1.79 bits per heavy atom. The summed E-state index contributed by atoms with van der Waals surface area (Å²) in [5.41, 5.74) is 3.87. The monoisotopic (exact) mass is 258 g/mol. The molecule has 100 valence electrons. The largest absolute Gasteiger partial charge is 0.476 e. The van der Waals surface area contributed by atoms with Gasteiger partial charge in [-0.25, -0.2) is 9.48 Å². The molecule has 2 aromatic rings. The van der Waals surface area contributed by atoms with E-state index >= 15 is 0 Å². The van der Waals surface area contributed by atoms with Gasteiger partial charge in [0.1, 0.15) is 0 Å². The molecule has 1 aromatic heterocycles. The molecule has 0 amide bonds. The predicted octanol–water partition coefficient (Wildman–Crippen LogP) is 3.31. The van der Waals surface area contributed by atoms with E-state index in [0.717, 1.165) is 22.5 Å². The number of hydrogen-bond donors (Lipinski definition) is 1. The molecule has 0 spiro atoms. The van der Waals surface area contributed by atoms with Crippen LogP contribution in [0.4, 0.5) is 0 Å². The zero-order chi connectivity index (χ0) is 14.2. The number of carboxylic acid groups (broad SMARTS) is 1. The predicted molar refractivity (Wildman–Crippen MR) is 74.1 cm³/mol. The summed E-state index contributed by atoms with van der Waals surface area (Å²) >= 11 is 0. The summed E-state index contributed by atoms with van der Waals surface area (Å²) in [6.45, 7) is 7.92. The third-order valence-corrected chi connectivity index (χ3v) is 3.20. The number of hydrogen-bond acceptors (Lipinski definition) is 2. The zero-order valence-corrected chi connectivity index (χ0v) is 11.6. The summed E-state index contributed by atoms with van der Waals surface area (Å²) in [7, 11) is 0. The normalized spacial score (nSPS) is 11.0. The molecule has 1 heterocycles. The van der Waals surface area contributed by atoms with Crippen LogP contribution in [0.2, 0.25) is 0 Å². The van der Waals surface area contributed by atoms with Crippen molar-refractivity contribution in [2.24, 2.45) is 0 Å². The molecule has 1 N–H and O–H groups in total. The third kappa shape index (κ3) is 2.38. The molecular formula is C15H18N2O2. The molecule has 2 rings (SSSR count). The van der Waals surface area contributed by atoms with Gasteiger partial charge in [0.05, 0.1) is 11.4 Å². The number of aromatic carboxylic acids is 1. The molecule has 0 unspecified atom stereocenters. The highest BCUT2D eigenvalue weighted by atomic mass is 16.4. The Bertz CT molecular complexity index is 610. The molecule has 19 heavy (non-hydrogen) atoms. The van der Waals surface area contributed by atoms with E-state index in [1.807, 2.05) is 52.0 Å². The first-order valence-corrected chi connectivity index (χ1v) is 6.31. The van der Waals surface area contributed by atoms with Gasteiger partial charge in [0.25, 0.3) is 0 Å². The first-order valence-electron chi connectivity index (χ1n) is 6.31. The zero-order valence-electron chi connectivity index (χ0n) is 11.6. The van der Waals surface area contributed by atoms with Crippen molar-refractivity contribution in [2.45, 2.75) is 33.6 Å². The minimum Gasteiger partial charge on any atom is -0.476 e. The molecule has 0 aliphatic heterocycles. The highest BCUT2D eigenvalue weighted by Crippen LogP contribution is 2.25. The van der Waals surface area contributed by atoms with Crippen molar-refractivity contribution >= 4 is 5.97 Å². The van der Waals surface area contributed by atoms with Gasteiger partial charge < -0.3 is 5.11 Å². The summed E-state index contributed by atoms with van der Waals surface area (Å²) < 4.78 is 1.74. The number of aryl methyl sites for hydroxylation is 1. The second-order valence-corrected chi connectivity index (χ2v) is 5.07. The van der Waals surface area contributed by atoms with Crippen molar-refractivity contribution in [1.29, 1.82) is 0 Å². The maximum absolute atomic E-state index is 11.2. The van der Waals surface area contributed by atoms with Crippen molar-refractivity contribution in [1.82, 2.24) is 9.78 Å². The molecule has 0 atom stereocenters. The Morgan fingerprint density at radius 1 is 1.21 bits per heavy atom. The average Bonchev–Trinajstić information content (AvgIpc) is 2.68. The van der Waals surface area contributed by atoms with Crippen LogP contribution in [0, 0.1) is 13.8 Å².